The molecule has 0 saturated heterocycles. The van der Waals surface area contributed by atoms with Crippen molar-refractivity contribution in [2.24, 2.45) is 0 Å². The number of hydrogen-bond acceptors (Lipinski definition) is 6. The largest absolute Gasteiger partial charge is 0.481 e. The summed E-state index contributed by atoms with van der Waals surface area (Å²) in [6.45, 7) is 6.83. The van der Waals surface area contributed by atoms with Crippen molar-refractivity contribution < 1.29 is 23.1 Å². The van der Waals surface area contributed by atoms with Crippen molar-refractivity contribution in [1.82, 2.24) is 8.96 Å². The Morgan fingerprint density at radius 1 is 1.26 bits per heavy atom. The molecule has 0 fully saturated rings. The van der Waals surface area contributed by atoms with E-state index in [9.17, 15) is 23.1 Å². The smallest absolute Gasteiger partial charge is 0.312 e. The molecule has 2 aromatic carbocycles. The molecule has 0 spiro atoms. The zero-order valence-electron chi connectivity index (χ0n) is 18.9. The van der Waals surface area contributed by atoms with Gasteiger partial charge >= 0.3 is 5.97 Å². The van der Waals surface area contributed by atoms with Gasteiger partial charge in [0.1, 0.15) is 5.25 Å². The monoisotopic (exact) mass is 531 g/mol. The third-order valence-electron chi connectivity index (χ3n) is 5.62. The van der Waals surface area contributed by atoms with Gasteiger partial charge in [-0.05, 0) is 48.4 Å². The molecule has 2 unspecified atom stereocenters. The van der Waals surface area contributed by atoms with E-state index in [0.29, 0.717) is 36.8 Å². The molecule has 4 aromatic rings. The average molecular weight is 532 g/mol. The van der Waals surface area contributed by atoms with E-state index in [0.717, 1.165) is 3.97 Å². The lowest BCUT2D eigenvalue weighted by Crippen LogP contribution is -2.25. The first-order valence-electron chi connectivity index (χ1n) is 10.7. The molecule has 35 heavy (non-hydrogen) atoms. The van der Waals surface area contributed by atoms with Gasteiger partial charge in [-0.1, -0.05) is 42.0 Å². The second-order valence-electron chi connectivity index (χ2n) is 7.96. The first kappa shape index (κ1) is 24.9. The van der Waals surface area contributed by atoms with Crippen molar-refractivity contribution in [3.8, 4) is 0 Å². The number of nitrogens with one attached hydrogen (secondary N) is 1. The Bertz CT molecular complexity index is 1590. The molecule has 4 rings (SSSR count). The number of aromatic nitrogens is 2. The van der Waals surface area contributed by atoms with Gasteiger partial charge in [-0.15, -0.1) is 6.58 Å². The van der Waals surface area contributed by atoms with E-state index in [2.05, 4.69) is 16.9 Å². The van der Waals surface area contributed by atoms with Gasteiger partial charge in [-0.2, -0.15) is 0 Å². The fourth-order valence-electron chi connectivity index (χ4n) is 4.08. The second-order valence-corrected chi connectivity index (χ2v) is 11.3. The van der Waals surface area contributed by atoms with Gasteiger partial charge in [0.05, 0.1) is 21.7 Å². The molecule has 2 aromatic heterocycles. The fourth-order valence-corrected chi connectivity index (χ4v) is 7.10. The van der Waals surface area contributed by atoms with E-state index in [1.165, 1.54) is 24.3 Å². The van der Waals surface area contributed by atoms with Crippen LogP contribution in [0.3, 0.4) is 0 Å². The lowest BCUT2D eigenvalue weighted by Gasteiger charge is -2.20. The SMILES string of the molecule is C=CC(c1ccc2nc(NC(C)=O)sc2c1)S(=O)(=O)n1c(C(CC)C(=O)O)cc2cc(Cl)ccc21. The molecule has 0 bridgehead atoms. The van der Waals surface area contributed by atoms with Crippen LogP contribution in [0, 0.1) is 0 Å². The first-order chi connectivity index (χ1) is 16.6. The molecular formula is C24H22ClN3O5S2. The molecule has 0 aliphatic carbocycles. The van der Waals surface area contributed by atoms with E-state index in [1.807, 2.05) is 0 Å². The number of fused-ring (bicyclic) bond motifs is 2. The van der Waals surface area contributed by atoms with Gasteiger partial charge < -0.3 is 10.4 Å². The van der Waals surface area contributed by atoms with E-state index >= 15 is 0 Å². The molecule has 2 N–H and O–H groups in total. The Labute approximate surface area is 210 Å². The highest BCUT2D eigenvalue weighted by Gasteiger charge is 2.34. The van der Waals surface area contributed by atoms with Crippen LogP contribution in [0.4, 0.5) is 5.13 Å². The molecule has 11 heteroatoms. The fraction of sp³-hybridized carbons (Fsp3) is 0.208. The summed E-state index contributed by atoms with van der Waals surface area (Å²) in [7, 11) is -4.19. The number of carboxylic acids is 1. The Morgan fingerprint density at radius 3 is 2.63 bits per heavy atom. The summed E-state index contributed by atoms with van der Waals surface area (Å²) in [5.41, 5.74) is 1.54. The van der Waals surface area contributed by atoms with Crippen LogP contribution in [0.1, 0.15) is 42.7 Å². The summed E-state index contributed by atoms with van der Waals surface area (Å²) in [4.78, 5) is 27.7. The summed E-state index contributed by atoms with van der Waals surface area (Å²) >= 11 is 7.35. The second kappa shape index (κ2) is 9.44. The van der Waals surface area contributed by atoms with Crippen LogP contribution in [0.15, 0.2) is 55.1 Å². The zero-order valence-corrected chi connectivity index (χ0v) is 21.2. The van der Waals surface area contributed by atoms with Crippen molar-refractivity contribution in [2.45, 2.75) is 31.4 Å². The number of benzene rings is 2. The van der Waals surface area contributed by atoms with Crippen LogP contribution >= 0.6 is 22.9 Å². The van der Waals surface area contributed by atoms with Crippen LogP contribution in [0.25, 0.3) is 21.1 Å². The number of carbonyl (C=O) groups excluding carboxylic acids is 1. The van der Waals surface area contributed by atoms with Crippen LogP contribution in [-0.4, -0.2) is 34.4 Å². The van der Waals surface area contributed by atoms with Gasteiger partial charge in [0, 0.05) is 23.0 Å². The van der Waals surface area contributed by atoms with Crippen molar-refractivity contribution in [2.75, 3.05) is 5.32 Å². The standard InChI is InChI=1S/C24H22ClN3O5S2/c1-4-17(23(30)31)20-11-15-10-16(25)7-9-19(15)28(20)35(32,33)22(5-2)14-6-8-18-21(12-14)34-24(27-18)26-13(3)29/h5-12,17,22H,2,4H2,1,3H3,(H,30,31)(H,26,27,29). The molecule has 1 amide bonds. The number of carboxylic acid groups (broad SMARTS) is 1. The maximum absolute atomic E-state index is 14.1. The maximum atomic E-state index is 14.1. The summed E-state index contributed by atoms with van der Waals surface area (Å²) in [6, 6.07) is 11.3. The number of rotatable bonds is 8. The molecule has 8 nitrogen and oxygen atoms in total. The Kier molecular flexibility index (Phi) is 6.72. The minimum atomic E-state index is -4.19. The number of nitrogens with zero attached hydrogens (tertiary/aromatic N) is 2. The maximum Gasteiger partial charge on any atom is 0.312 e. The minimum Gasteiger partial charge on any atom is -0.481 e. The number of amides is 1. The van der Waals surface area contributed by atoms with Gasteiger partial charge in [0.25, 0.3) is 0 Å². The lowest BCUT2D eigenvalue weighted by molar-refractivity contribution is -0.139. The number of anilines is 1. The minimum absolute atomic E-state index is 0.149. The number of thiazole rings is 1. The number of carbonyl (C=O) groups is 2. The molecular weight excluding hydrogens is 510 g/mol. The highest BCUT2D eigenvalue weighted by molar-refractivity contribution is 7.90. The molecule has 0 radical (unpaired) electrons. The Morgan fingerprint density at radius 2 is 2.00 bits per heavy atom. The van der Waals surface area contributed by atoms with Gasteiger partial charge in [-0.25, -0.2) is 17.4 Å². The number of aliphatic carboxylic acids is 1. The van der Waals surface area contributed by atoms with E-state index < -0.39 is 27.2 Å². The van der Waals surface area contributed by atoms with Gasteiger partial charge in [-0.3, -0.25) is 9.59 Å². The van der Waals surface area contributed by atoms with Crippen molar-refractivity contribution in [3.05, 3.63) is 71.4 Å². The van der Waals surface area contributed by atoms with Crippen molar-refractivity contribution in [1.29, 1.82) is 0 Å². The van der Waals surface area contributed by atoms with Gasteiger partial charge in [0.15, 0.2) is 5.13 Å². The summed E-state index contributed by atoms with van der Waals surface area (Å²) < 4.78 is 29.9. The zero-order chi connectivity index (χ0) is 25.5. The van der Waals surface area contributed by atoms with Crippen LogP contribution in [-0.2, 0) is 19.6 Å². The topological polar surface area (TPSA) is 118 Å². The van der Waals surface area contributed by atoms with E-state index in [1.54, 1.807) is 49.4 Å². The highest BCUT2D eigenvalue weighted by atomic mass is 35.5. The number of halogens is 1. The summed E-state index contributed by atoms with van der Waals surface area (Å²) in [6.07, 6.45) is 1.52. The Hall–Kier alpha value is -3.21. The lowest BCUT2D eigenvalue weighted by atomic mass is 10.0. The molecule has 0 aliphatic rings. The first-order valence-corrected chi connectivity index (χ1v) is 13.3. The highest BCUT2D eigenvalue weighted by Crippen LogP contribution is 2.37. The van der Waals surface area contributed by atoms with Crippen LogP contribution < -0.4 is 5.32 Å². The normalized spacial score (nSPS) is 13.6. The molecule has 2 heterocycles. The van der Waals surface area contributed by atoms with Crippen molar-refractivity contribution in [3.63, 3.8) is 0 Å². The number of hydrogen-bond donors (Lipinski definition) is 2. The third kappa shape index (κ3) is 4.56. The van der Waals surface area contributed by atoms with Crippen LogP contribution in [0.5, 0.6) is 0 Å². The Balaban J connectivity index is 1.90. The predicted molar refractivity (Wildman–Crippen MR) is 139 cm³/mol. The van der Waals surface area contributed by atoms with E-state index in [-0.39, 0.29) is 18.0 Å². The molecule has 2 atom stereocenters. The van der Waals surface area contributed by atoms with Gasteiger partial charge in [0.2, 0.25) is 15.9 Å². The molecule has 0 saturated carbocycles. The quantitative estimate of drug-likeness (QED) is 0.288. The van der Waals surface area contributed by atoms with E-state index in [4.69, 9.17) is 11.6 Å². The average Bonchev–Trinajstić information content (AvgIpc) is 3.33. The van der Waals surface area contributed by atoms with Crippen molar-refractivity contribution >= 4 is 71.1 Å². The third-order valence-corrected chi connectivity index (χ3v) is 8.81. The van der Waals surface area contributed by atoms with Crippen LogP contribution in [0.2, 0.25) is 5.02 Å². The predicted octanol–water partition coefficient (Wildman–Crippen LogP) is 5.55. The molecule has 0 aliphatic heterocycles. The summed E-state index contributed by atoms with van der Waals surface area (Å²) in [5.74, 6) is -2.41. The molecule has 182 valence electrons. The summed E-state index contributed by atoms with van der Waals surface area (Å²) in [5, 5.41) is 12.6.